The second-order valence-electron chi connectivity index (χ2n) is 7.97. The fourth-order valence-electron chi connectivity index (χ4n) is 2.95. The van der Waals surface area contributed by atoms with Gasteiger partial charge in [0.25, 0.3) is 0 Å². The van der Waals surface area contributed by atoms with Gasteiger partial charge in [0.1, 0.15) is 18.1 Å². The Morgan fingerprint density at radius 1 is 0.939 bits per heavy atom. The number of carbonyl (C=O) groups excluding carboxylic acids is 3. The number of nitrogens with two attached hydrogens (primary N) is 1. The summed E-state index contributed by atoms with van der Waals surface area (Å²) in [6.45, 7) is 4.10. The van der Waals surface area contributed by atoms with Crippen molar-refractivity contribution >= 4 is 23.7 Å². The first kappa shape index (κ1) is 28.0. The summed E-state index contributed by atoms with van der Waals surface area (Å²) in [5.74, 6) is -3.92. The van der Waals surface area contributed by atoms with Crippen LogP contribution in [0.25, 0.3) is 0 Å². The van der Waals surface area contributed by atoms with Gasteiger partial charge in [0, 0.05) is 6.42 Å². The molecule has 8 N–H and O–H groups in total. The molecule has 0 fully saturated rings. The highest BCUT2D eigenvalue weighted by Gasteiger charge is 2.33. The van der Waals surface area contributed by atoms with Crippen LogP contribution in [-0.2, 0) is 25.6 Å². The van der Waals surface area contributed by atoms with E-state index in [1.54, 1.807) is 37.3 Å². The van der Waals surface area contributed by atoms with E-state index in [1.807, 2.05) is 6.92 Å². The molecule has 6 atom stereocenters. The van der Waals surface area contributed by atoms with Gasteiger partial charge in [-0.05, 0) is 18.4 Å². The lowest BCUT2D eigenvalue weighted by Gasteiger charge is -2.27. The molecule has 11 heteroatoms. The summed E-state index contributed by atoms with van der Waals surface area (Å²) in [7, 11) is 0. The molecule has 3 amide bonds. The van der Waals surface area contributed by atoms with Crippen LogP contribution in [0.1, 0.15) is 32.8 Å². The zero-order valence-electron chi connectivity index (χ0n) is 19.0. The molecule has 184 valence electrons. The SMILES string of the molecule is CCC(C)C(N)C(=O)NC(C(=O)NC(Cc1ccccc1)C(=O)NC(CO)C(=O)O)C(C)O. The standard InChI is InChI=1S/C22H34N4O7/c1-4-12(2)17(23)20(30)26-18(13(3)28)21(31)24-15(10-14-8-6-5-7-9-14)19(29)25-16(11-27)22(32)33/h5-9,12-13,15-18,27-28H,4,10-11,23H2,1-3H3,(H,24,31)(H,25,29)(H,26,30)(H,32,33). The number of carboxylic acid groups (broad SMARTS) is 1. The molecule has 0 saturated carbocycles. The Labute approximate surface area is 192 Å². The smallest absolute Gasteiger partial charge is 0.328 e. The third-order valence-corrected chi connectivity index (χ3v) is 5.34. The van der Waals surface area contributed by atoms with Gasteiger partial charge in [-0.1, -0.05) is 50.6 Å². The van der Waals surface area contributed by atoms with Crippen molar-refractivity contribution in [3.05, 3.63) is 35.9 Å². The summed E-state index contributed by atoms with van der Waals surface area (Å²) in [6, 6.07) is 3.56. The Hall–Kier alpha value is -3.02. The Kier molecular flexibility index (Phi) is 11.5. The molecule has 0 aromatic heterocycles. The van der Waals surface area contributed by atoms with Crippen molar-refractivity contribution in [3.63, 3.8) is 0 Å². The fourth-order valence-corrected chi connectivity index (χ4v) is 2.95. The van der Waals surface area contributed by atoms with Crippen molar-refractivity contribution in [1.29, 1.82) is 0 Å². The van der Waals surface area contributed by atoms with Gasteiger partial charge in [-0.25, -0.2) is 4.79 Å². The molecule has 0 radical (unpaired) electrons. The number of amides is 3. The van der Waals surface area contributed by atoms with Gasteiger partial charge in [-0.15, -0.1) is 0 Å². The topological polar surface area (TPSA) is 191 Å². The van der Waals surface area contributed by atoms with Crippen LogP contribution in [0.3, 0.4) is 0 Å². The number of carbonyl (C=O) groups is 4. The van der Waals surface area contributed by atoms with Crippen molar-refractivity contribution in [2.45, 2.75) is 63.9 Å². The molecule has 0 aliphatic carbocycles. The van der Waals surface area contributed by atoms with Crippen LogP contribution in [0.15, 0.2) is 30.3 Å². The summed E-state index contributed by atoms with van der Waals surface area (Å²) in [6.07, 6.45) is -0.666. The van der Waals surface area contributed by atoms with Crippen LogP contribution in [0.5, 0.6) is 0 Å². The molecule has 1 rings (SSSR count). The second-order valence-corrected chi connectivity index (χ2v) is 7.97. The number of carboxylic acids is 1. The molecule has 33 heavy (non-hydrogen) atoms. The van der Waals surface area contributed by atoms with Crippen molar-refractivity contribution < 1.29 is 34.5 Å². The van der Waals surface area contributed by atoms with E-state index in [4.69, 9.17) is 10.8 Å². The molecule has 0 aliphatic rings. The second kappa shape index (κ2) is 13.5. The Morgan fingerprint density at radius 2 is 1.52 bits per heavy atom. The number of hydrogen-bond acceptors (Lipinski definition) is 7. The van der Waals surface area contributed by atoms with Gasteiger partial charge < -0.3 is 37.0 Å². The van der Waals surface area contributed by atoms with E-state index in [0.29, 0.717) is 12.0 Å². The van der Waals surface area contributed by atoms with E-state index in [2.05, 4.69) is 16.0 Å². The normalized spacial score (nSPS) is 16.4. The predicted molar refractivity (Wildman–Crippen MR) is 120 cm³/mol. The lowest BCUT2D eigenvalue weighted by Crippen LogP contribution is -2.60. The third-order valence-electron chi connectivity index (χ3n) is 5.34. The zero-order valence-corrected chi connectivity index (χ0v) is 19.0. The average molecular weight is 467 g/mol. The average Bonchev–Trinajstić information content (AvgIpc) is 2.79. The number of hydrogen-bond donors (Lipinski definition) is 7. The Bertz CT molecular complexity index is 803. The molecule has 1 aromatic carbocycles. The van der Waals surface area contributed by atoms with Gasteiger partial charge in [0.15, 0.2) is 0 Å². The first-order valence-electron chi connectivity index (χ1n) is 10.7. The molecule has 0 saturated heterocycles. The highest BCUT2D eigenvalue weighted by molar-refractivity contribution is 5.94. The van der Waals surface area contributed by atoms with Crippen LogP contribution in [0, 0.1) is 5.92 Å². The number of aliphatic hydroxyl groups excluding tert-OH is 2. The van der Waals surface area contributed by atoms with Crippen molar-refractivity contribution in [3.8, 4) is 0 Å². The molecule has 6 unspecified atom stereocenters. The van der Waals surface area contributed by atoms with Gasteiger partial charge in [0.05, 0.1) is 18.8 Å². The van der Waals surface area contributed by atoms with E-state index < -0.39 is 60.6 Å². The molecule has 11 nitrogen and oxygen atoms in total. The predicted octanol–water partition coefficient (Wildman–Crippen LogP) is -1.49. The highest BCUT2D eigenvalue weighted by atomic mass is 16.4. The first-order chi connectivity index (χ1) is 15.5. The maximum absolute atomic E-state index is 12.9. The minimum Gasteiger partial charge on any atom is -0.480 e. The largest absolute Gasteiger partial charge is 0.480 e. The maximum Gasteiger partial charge on any atom is 0.328 e. The molecule has 0 spiro atoms. The van der Waals surface area contributed by atoms with Gasteiger partial charge in [0.2, 0.25) is 17.7 Å². The molecular formula is C22H34N4O7. The van der Waals surface area contributed by atoms with E-state index in [9.17, 15) is 29.4 Å². The minimum absolute atomic E-state index is 0.00302. The number of benzene rings is 1. The summed E-state index contributed by atoms with van der Waals surface area (Å²) in [5.41, 5.74) is 6.57. The number of nitrogens with one attached hydrogen (secondary N) is 3. The molecule has 0 bridgehead atoms. The third kappa shape index (κ3) is 8.79. The summed E-state index contributed by atoms with van der Waals surface area (Å²) >= 11 is 0. The van der Waals surface area contributed by atoms with Crippen molar-refractivity contribution in [2.75, 3.05) is 6.61 Å². The minimum atomic E-state index is -1.56. The molecule has 0 aliphatic heterocycles. The number of aliphatic hydroxyl groups is 2. The number of aliphatic carboxylic acids is 1. The van der Waals surface area contributed by atoms with Crippen molar-refractivity contribution in [2.24, 2.45) is 11.7 Å². The molecule has 1 aromatic rings. The van der Waals surface area contributed by atoms with E-state index in [0.717, 1.165) is 0 Å². The lowest BCUT2D eigenvalue weighted by molar-refractivity contribution is -0.143. The van der Waals surface area contributed by atoms with Crippen LogP contribution in [-0.4, -0.2) is 75.9 Å². The molecular weight excluding hydrogens is 432 g/mol. The van der Waals surface area contributed by atoms with Gasteiger partial charge in [-0.2, -0.15) is 0 Å². The summed E-state index contributed by atoms with van der Waals surface area (Å²) in [5, 5.41) is 35.4. The van der Waals surface area contributed by atoms with Crippen LogP contribution in [0.4, 0.5) is 0 Å². The first-order valence-corrected chi connectivity index (χ1v) is 10.7. The monoisotopic (exact) mass is 466 g/mol. The fraction of sp³-hybridized carbons (Fsp3) is 0.545. The van der Waals surface area contributed by atoms with Crippen molar-refractivity contribution in [1.82, 2.24) is 16.0 Å². The van der Waals surface area contributed by atoms with E-state index >= 15 is 0 Å². The highest BCUT2D eigenvalue weighted by Crippen LogP contribution is 2.08. The Balaban J connectivity index is 3.06. The number of rotatable bonds is 13. The van der Waals surface area contributed by atoms with E-state index in [-0.39, 0.29) is 12.3 Å². The van der Waals surface area contributed by atoms with Gasteiger partial charge in [-0.3, -0.25) is 14.4 Å². The van der Waals surface area contributed by atoms with Gasteiger partial charge >= 0.3 is 5.97 Å². The zero-order chi connectivity index (χ0) is 25.1. The van der Waals surface area contributed by atoms with Crippen LogP contribution < -0.4 is 21.7 Å². The molecule has 0 heterocycles. The lowest BCUT2D eigenvalue weighted by atomic mass is 9.98. The van der Waals surface area contributed by atoms with Crippen LogP contribution in [0.2, 0.25) is 0 Å². The van der Waals surface area contributed by atoms with E-state index in [1.165, 1.54) is 6.92 Å². The quantitative estimate of drug-likeness (QED) is 0.183. The maximum atomic E-state index is 12.9. The Morgan fingerprint density at radius 3 is 2.00 bits per heavy atom. The van der Waals surface area contributed by atoms with Crippen LogP contribution >= 0.6 is 0 Å². The summed E-state index contributed by atoms with van der Waals surface area (Å²) < 4.78 is 0. The summed E-state index contributed by atoms with van der Waals surface area (Å²) in [4.78, 5) is 49.3.